The number of rotatable bonds is 4. The van der Waals surface area contributed by atoms with Crippen molar-refractivity contribution in [1.82, 2.24) is 4.90 Å². The van der Waals surface area contributed by atoms with Crippen LogP contribution in [0, 0.1) is 11.6 Å². The fourth-order valence-corrected chi connectivity index (χ4v) is 3.36. The van der Waals surface area contributed by atoms with Crippen molar-refractivity contribution in [3.63, 3.8) is 0 Å². The van der Waals surface area contributed by atoms with Gasteiger partial charge in [-0.25, -0.2) is 8.78 Å². The number of ether oxygens (including phenoxy) is 1. The number of halogens is 4. The third-order valence-electron chi connectivity index (χ3n) is 4.72. The molecule has 1 aromatic rings. The Morgan fingerprint density at radius 1 is 1.00 bits per heavy atom. The standard InChI is InChI=1S/C17H24F2N2O.2ClH/c18-16-9-14(22-13-5-3-12(20)4-6-13)10-17(19)15(16)11-21-7-1-2-8-21;;/h9-10,12-13H,1-8,11,20H2;2*1H. The molecule has 0 spiro atoms. The summed E-state index contributed by atoms with van der Waals surface area (Å²) in [7, 11) is 0. The van der Waals surface area contributed by atoms with Gasteiger partial charge in [0, 0.05) is 30.3 Å². The van der Waals surface area contributed by atoms with E-state index in [1.807, 2.05) is 0 Å². The van der Waals surface area contributed by atoms with Gasteiger partial charge in [0.1, 0.15) is 17.4 Å². The summed E-state index contributed by atoms with van der Waals surface area (Å²) in [4.78, 5) is 2.09. The average molecular weight is 383 g/mol. The molecule has 3 nitrogen and oxygen atoms in total. The van der Waals surface area contributed by atoms with Crippen molar-refractivity contribution in [1.29, 1.82) is 0 Å². The first-order valence-electron chi connectivity index (χ1n) is 8.24. The normalized spacial score (nSPS) is 24.1. The number of hydrogen-bond acceptors (Lipinski definition) is 3. The lowest BCUT2D eigenvalue weighted by molar-refractivity contribution is 0.146. The quantitative estimate of drug-likeness (QED) is 0.853. The number of likely N-dealkylation sites (tertiary alicyclic amines) is 1. The molecule has 1 aromatic carbocycles. The van der Waals surface area contributed by atoms with Gasteiger partial charge in [-0.2, -0.15) is 0 Å². The Hall–Kier alpha value is -0.620. The van der Waals surface area contributed by atoms with Crippen LogP contribution in [-0.4, -0.2) is 30.1 Å². The summed E-state index contributed by atoms with van der Waals surface area (Å²) in [6.07, 6.45) is 5.73. The molecule has 2 aliphatic rings. The number of benzene rings is 1. The highest BCUT2D eigenvalue weighted by Gasteiger charge is 2.22. The van der Waals surface area contributed by atoms with Gasteiger partial charge in [-0.3, -0.25) is 4.90 Å². The number of nitrogens with zero attached hydrogens (tertiary/aromatic N) is 1. The van der Waals surface area contributed by atoms with Crippen LogP contribution in [0.1, 0.15) is 44.1 Å². The van der Waals surface area contributed by atoms with E-state index in [2.05, 4.69) is 4.90 Å². The molecular formula is C17H26Cl2F2N2O. The van der Waals surface area contributed by atoms with Crippen LogP contribution in [0.25, 0.3) is 0 Å². The first kappa shape index (κ1) is 21.4. The van der Waals surface area contributed by atoms with Crippen molar-refractivity contribution >= 4 is 24.8 Å². The maximum atomic E-state index is 14.2. The van der Waals surface area contributed by atoms with Crippen LogP contribution in [0.3, 0.4) is 0 Å². The van der Waals surface area contributed by atoms with E-state index in [1.54, 1.807) is 0 Å². The van der Waals surface area contributed by atoms with Crippen molar-refractivity contribution in [2.75, 3.05) is 13.1 Å². The van der Waals surface area contributed by atoms with E-state index in [-0.39, 0.29) is 42.5 Å². The maximum Gasteiger partial charge on any atom is 0.134 e. The van der Waals surface area contributed by atoms with Crippen LogP contribution in [0.2, 0.25) is 0 Å². The summed E-state index contributed by atoms with van der Waals surface area (Å²) in [5.41, 5.74) is 6.01. The van der Waals surface area contributed by atoms with Crippen LogP contribution in [-0.2, 0) is 6.54 Å². The highest BCUT2D eigenvalue weighted by molar-refractivity contribution is 5.85. The second-order valence-corrected chi connectivity index (χ2v) is 6.50. The van der Waals surface area contributed by atoms with E-state index in [9.17, 15) is 8.78 Å². The summed E-state index contributed by atoms with van der Waals surface area (Å²) in [5, 5.41) is 0. The Balaban J connectivity index is 0.00000144. The molecule has 1 heterocycles. The van der Waals surface area contributed by atoms with Crippen LogP contribution >= 0.6 is 24.8 Å². The van der Waals surface area contributed by atoms with Gasteiger partial charge in [0.15, 0.2) is 0 Å². The molecule has 0 unspecified atom stereocenters. The smallest absolute Gasteiger partial charge is 0.134 e. The third-order valence-corrected chi connectivity index (χ3v) is 4.72. The first-order valence-corrected chi connectivity index (χ1v) is 8.24. The van der Waals surface area contributed by atoms with Crippen LogP contribution in [0.4, 0.5) is 8.78 Å². The average Bonchev–Trinajstić information content (AvgIpc) is 2.98. The summed E-state index contributed by atoms with van der Waals surface area (Å²) < 4.78 is 34.2. The van der Waals surface area contributed by atoms with E-state index in [1.165, 1.54) is 12.1 Å². The molecule has 0 amide bonds. The minimum Gasteiger partial charge on any atom is -0.490 e. The highest BCUT2D eigenvalue weighted by Crippen LogP contribution is 2.27. The third kappa shape index (κ3) is 5.45. The van der Waals surface area contributed by atoms with Crippen molar-refractivity contribution in [3.05, 3.63) is 29.3 Å². The second kappa shape index (κ2) is 9.76. The van der Waals surface area contributed by atoms with Crippen LogP contribution in [0.15, 0.2) is 12.1 Å². The number of nitrogens with two attached hydrogens (primary N) is 1. The predicted molar refractivity (Wildman–Crippen MR) is 96.2 cm³/mol. The molecule has 1 saturated heterocycles. The van der Waals surface area contributed by atoms with Crippen LogP contribution < -0.4 is 10.5 Å². The Kier molecular flexibility index (Phi) is 8.71. The zero-order valence-corrected chi connectivity index (χ0v) is 15.3. The SMILES string of the molecule is Cl.Cl.NC1CCC(Oc2cc(F)c(CN3CCCC3)c(F)c2)CC1. The summed E-state index contributed by atoms with van der Waals surface area (Å²) in [6.45, 7) is 2.18. The molecule has 7 heteroatoms. The van der Waals surface area contributed by atoms with E-state index in [0.29, 0.717) is 12.3 Å². The monoisotopic (exact) mass is 382 g/mol. The molecular weight excluding hydrogens is 357 g/mol. The van der Waals surface area contributed by atoms with Gasteiger partial charge >= 0.3 is 0 Å². The van der Waals surface area contributed by atoms with Gasteiger partial charge < -0.3 is 10.5 Å². The predicted octanol–water partition coefficient (Wildman–Crippen LogP) is 4.05. The maximum absolute atomic E-state index is 14.2. The van der Waals surface area contributed by atoms with Crippen molar-refractivity contribution in [2.24, 2.45) is 5.73 Å². The molecule has 0 radical (unpaired) electrons. The molecule has 1 aliphatic carbocycles. The van der Waals surface area contributed by atoms with Gasteiger partial charge in [-0.05, 0) is 51.6 Å². The van der Waals surface area contributed by atoms with Crippen molar-refractivity contribution in [3.8, 4) is 5.75 Å². The van der Waals surface area contributed by atoms with E-state index in [4.69, 9.17) is 10.5 Å². The lowest BCUT2D eigenvalue weighted by Gasteiger charge is -2.27. The number of hydrogen-bond donors (Lipinski definition) is 1. The Morgan fingerprint density at radius 3 is 2.08 bits per heavy atom. The Bertz CT molecular complexity index is 496. The molecule has 1 aliphatic heterocycles. The van der Waals surface area contributed by atoms with Crippen molar-refractivity contribution < 1.29 is 13.5 Å². The summed E-state index contributed by atoms with van der Waals surface area (Å²) in [6, 6.07) is 2.88. The summed E-state index contributed by atoms with van der Waals surface area (Å²) >= 11 is 0. The van der Waals surface area contributed by atoms with E-state index in [0.717, 1.165) is 51.6 Å². The van der Waals surface area contributed by atoms with Crippen molar-refractivity contribution in [2.45, 2.75) is 57.2 Å². The van der Waals surface area contributed by atoms with Gasteiger partial charge in [0.2, 0.25) is 0 Å². The molecule has 2 N–H and O–H groups in total. The second-order valence-electron chi connectivity index (χ2n) is 6.50. The minimum absolute atomic E-state index is 0. The van der Waals surface area contributed by atoms with Gasteiger partial charge in [0.25, 0.3) is 0 Å². The Morgan fingerprint density at radius 2 is 1.54 bits per heavy atom. The molecule has 24 heavy (non-hydrogen) atoms. The topological polar surface area (TPSA) is 38.5 Å². The minimum atomic E-state index is -0.505. The van der Waals surface area contributed by atoms with E-state index >= 15 is 0 Å². The fourth-order valence-electron chi connectivity index (χ4n) is 3.36. The van der Waals surface area contributed by atoms with Gasteiger partial charge in [-0.15, -0.1) is 24.8 Å². The highest BCUT2D eigenvalue weighted by atomic mass is 35.5. The lowest BCUT2D eigenvalue weighted by Crippen LogP contribution is -2.31. The lowest BCUT2D eigenvalue weighted by atomic mass is 9.94. The van der Waals surface area contributed by atoms with Gasteiger partial charge in [-0.1, -0.05) is 0 Å². The zero-order valence-electron chi connectivity index (χ0n) is 13.7. The molecule has 0 aromatic heterocycles. The molecule has 1 saturated carbocycles. The zero-order chi connectivity index (χ0) is 15.5. The first-order chi connectivity index (χ1) is 10.6. The largest absolute Gasteiger partial charge is 0.490 e. The van der Waals surface area contributed by atoms with E-state index < -0.39 is 11.6 Å². The molecule has 0 atom stereocenters. The fraction of sp³-hybridized carbons (Fsp3) is 0.647. The Labute approximate surface area is 154 Å². The molecule has 138 valence electrons. The molecule has 3 rings (SSSR count). The van der Waals surface area contributed by atoms with Crippen LogP contribution in [0.5, 0.6) is 5.75 Å². The molecule has 0 bridgehead atoms. The summed E-state index contributed by atoms with van der Waals surface area (Å²) in [5.74, 6) is -0.718. The van der Waals surface area contributed by atoms with Gasteiger partial charge in [0.05, 0.1) is 6.10 Å². The molecule has 2 fully saturated rings.